The molecule has 2 aromatic carbocycles. The van der Waals surface area contributed by atoms with Gasteiger partial charge in [0.1, 0.15) is 0 Å². The SMILES string of the molecule is CC(C)(C(=O)[O-])c1cccc(CCCN2CCC(=C3c4ccc(Cl)cc4CCc4cccnc43)CC2)c1.[Na+]. The van der Waals surface area contributed by atoms with Crippen LogP contribution in [0.5, 0.6) is 0 Å². The van der Waals surface area contributed by atoms with Crippen molar-refractivity contribution in [3.05, 3.63) is 105 Å². The summed E-state index contributed by atoms with van der Waals surface area (Å²) in [7, 11) is 0. The van der Waals surface area contributed by atoms with Crippen molar-refractivity contribution in [1.29, 1.82) is 0 Å². The number of carboxylic acids is 1. The fourth-order valence-electron chi connectivity index (χ4n) is 5.67. The van der Waals surface area contributed by atoms with Gasteiger partial charge < -0.3 is 14.8 Å². The van der Waals surface area contributed by atoms with Gasteiger partial charge in [-0.05, 0) is 91.1 Å². The molecule has 1 aliphatic carbocycles. The Hall–Kier alpha value is -1.95. The van der Waals surface area contributed by atoms with Crippen LogP contribution >= 0.6 is 11.6 Å². The molecule has 0 unspecified atom stereocenters. The van der Waals surface area contributed by atoms with E-state index in [2.05, 4.69) is 29.2 Å². The number of carboxylic acid groups (broad SMARTS) is 1. The number of fused-ring (bicyclic) bond motifs is 2. The van der Waals surface area contributed by atoms with Crippen molar-refractivity contribution < 1.29 is 39.5 Å². The molecule has 5 rings (SSSR count). The summed E-state index contributed by atoms with van der Waals surface area (Å²) in [6, 6.07) is 18.5. The van der Waals surface area contributed by atoms with Crippen LogP contribution in [0.2, 0.25) is 5.02 Å². The molecule has 3 aromatic rings. The number of rotatable bonds is 6. The number of aliphatic carboxylic acids is 1. The molecule has 4 nitrogen and oxygen atoms in total. The second-order valence-electron chi connectivity index (χ2n) is 10.8. The van der Waals surface area contributed by atoms with Crippen LogP contribution in [0.1, 0.15) is 66.6 Å². The number of nitrogens with zero attached hydrogens (tertiary/aromatic N) is 2. The van der Waals surface area contributed by atoms with Crippen molar-refractivity contribution in [2.75, 3.05) is 19.6 Å². The number of likely N-dealkylation sites (tertiary alicyclic amines) is 1. The van der Waals surface area contributed by atoms with Gasteiger partial charge in [-0.1, -0.05) is 67.4 Å². The Kier molecular flexibility index (Phi) is 9.54. The first-order chi connectivity index (χ1) is 17.8. The number of aromatic nitrogens is 1. The molecule has 1 aliphatic heterocycles. The average molecular weight is 537 g/mol. The van der Waals surface area contributed by atoms with Crippen LogP contribution < -0.4 is 34.7 Å². The molecular formula is C32H34ClN2NaO2. The molecule has 2 aliphatic rings. The minimum atomic E-state index is -1.04. The normalized spacial score (nSPS) is 15.8. The minimum absolute atomic E-state index is 0. The third-order valence-electron chi connectivity index (χ3n) is 8.04. The van der Waals surface area contributed by atoms with Crippen molar-refractivity contribution in [2.24, 2.45) is 0 Å². The molecule has 0 N–H and O–H groups in total. The molecule has 192 valence electrons. The van der Waals surface area contributed by atoms with E-state index >= 15 is 0 Å². The molecule has 0 spiro atoms. The van der Waals surface area contributed by atoms with Gasteiger partial charge in [0.25, 0.3) is 0 Å². The standard InChI is InChI=1S/C32H35ClN2O2.Na/c1-32(2,31(36)37)26-9-3-6-22(20-26)7-5-17-35-18-14-23(15-19-35)29-28-13-12-27(33)21-25(28)11-10-24-8-4-16-34-30(24)29;/h3-4,6,8-9,12-13,16,20-21H,5,7,10-11,14-15,17-19H2,1-2H3,(H,36,37);/q;+1/p-1. The number of hydrogen-bond donors (Lipinski definition) is 0. The van der Waals surface area contributed by atoms with E-state index in [1.54, 1.807) is 13.8 Å². The van der Waals surface area contributed by atoms with E-state index in [0.29, 0.717) is 0 Å². The Bertz CT molecular complexity index is 1340. The fraction of sp³-hybridized carbons (Fsp3) is 0.375. The smallest absolute Gasteiger partial charge is 0.549 e. The number of carbonyl (C=O) groups is 1. The summed E-state index contributed by atoms with van der Waals surface area (Å²) < 4.78 is 0. The summed E-state index contributed by atoms with van der Waals surface area (Å²) in [5, 5.41) is 12.3. The van der Waals surface area contributed by atoms with Gasteiger partial charge in [-0.3, -0.25) is 4.98 Å². The van der Waals surface area contributed by atoms with Gasteiger partial charge in [-0.25, -0.2) is 0 Å². The molecule has 1 aromatic heterocycles. The van der Waals surface area contributed by atoms with E-state index in [4.69, 9.17) is 16.6 Å². The van der Waals surface area contributed by atoms with Gasteiger partial charge in [0.2, 0.25) is 0 Å². The quantitative estimate of drug-likeness (QED) is 0.454. The van der Waals surface area contributed by atoms with Crippen LogP contribution in [0.4, 0.5) is 0 Å². The zero-order valence-electron chi connectivity index (χ0n) is 22.7. The first-order valence-electron chi connectivity index (χ1n) is 13.3. The second kappa shape index (κ2) is 12.5. The molecule has 1 fully saturated rings. The van der Waals surface area contributed by atoms with Gasteiger partial charge in [0.15, 0.2) is 0 Å². The topological polar surface area (TPSA) is 56.3 Å². The molecular weight excluding hydrogens is 503 g/mol. The summed E-state index contributed by atoms with van der Waals surface area (Å²) in [6.45, 7) is 6.54. The van der Waals surface area contributed by atoms with Crippen LogP contribution in [-0.4, -0.2) is 35.5 Å². The first-order valence-corrected chi connectivity index (χ1v) is 13.7. The molecule has 2 heterocycles. The number of hydrogen-bond acceptors (Lipinski definition) is 4. The molecule has 1 saturated heterocycles. The zero-order valence-corrected chi connectivity index (χ0v) is 25.5. The molecule has 0 amide bonds. The maximum absolute atomic E-state index is 11.5. The van der Waals surface area contributed by atoms with Crippen molar-refractivity contribution in [3.8, 4) is 0 Å². The number of pyridine rings is 1. The first kappa shape index (κ1) is 29.0. The van der Waals surface area contributed by atoms with Crippen LogP contribution in [0, 0.1) is 0 Å². The summed E-state index contributed by atoms with van der Waals surface area (Å²) in [5.41, 5.74) is 8.91. The largest absolute Gasteiger partial charge is 1.00 e. The van der Waals surface area contributed by atoms with E-state index in [1.165, 1.54) is 33.4 Å². The molecule has 0 radical (unpaired) electrons. The van der Waals surface area contributed by atoms with Crippen LogP contribution in [0.25, 0.3) is 5.57 Å². The zero-order chi connectivity index (χ0) is 26.0. The van der Waals surface area contributed by atoms with Crippen LogP contribution in [-0.2, 0) is 29.5 Å². The summed E-state index contributed by atoms with van der Waals surface area (Å²) in [5.74, 6) is -1.04. The van der Waals surface area contributed by atoms with Crippen LogP contribution in [0.3, 0.4) is 0 Å². The van der Waals surface area contributed by atoms with Crippen molar-refractivity contribution >= 4 is 23.1 Å². The number of benzene rings is 2. The average Bonchev–Trinajstić information content (AvgIpc) is 3.06. The molecule has 0 atom stereocenters. The Morgan fingerprint density at radius 2 is 1.76 bits per heavy atom. The van der Waals surface area contributed by atoms with Gasteiger partial charge in [-0.2, -0.15) is 0 Å². The minimum Gasteiger partial charge on any atom is -0.549 e. The maximum Gasteiger partial charge on any atom is 1.00 e. The van der Waals surface area contributed by atoms with Crippen molar-refractivity contribution in [2.45, 2.75) is 57.8 Å². The predicted octanol–water partition coefficient (Wildman–Crippen LogP) is 2.40. The van der Waals surface area contributed by atoms with Crippen LogP contribution in [0.15, 0.2) is 66.4 Å². The van der Waals surface area contributed by atoms with E-state index in [1.807, 2.05) is 36.5 Å². The fourth-order valence-corrected chi connectivity index (χ4v) is 5.86. The Morgan fingerprint density at radius 1 is 1.00 bits per heavy atom. The number of piperidine rings is 1. The van der Waals surface area contributed by atoms with Gasteiger partial charge in [0, 0.05) is 35.3 Å². The Balaban J connectivity index is 0.00000336. The van der Waals surface area contributed by atoms with E-state index in [9.17, 15) is 9.90 Å². The molecule has 38 heavy (non-hydrogen) atoms. The van der Waals surface area contributed by atoms with Crippen molar-refractivity contribution in [1.82, 2.24) is 9.88 Å². The predicted molar refractivity (Wildman–Crippen MR) is 148 cm³/mol. The van der Waals surface area contributed by atoms with Gasteiger partial charge >= 0.3 is 29.6 Å². The second-order valence-corrected chi connectivity index (χ2v) is 11.3. The third kappa shape index (κ3) is 6.26. The van der Waals surface area contributed by atoms with Gasteiger partial charge in [-0.15, -0.1) is 0 Å². The number of aryl methyl sites for hydroxylation is 3. The maximum atomic E-state index is 11.5. The third-order valence-corrected chi connectivity index (χ3v) is 8.28. The van der Waals surface area contributed by atoms with Gasteiger partial charge in [0.05, 0.1) is 11.7 Å². The summed E-state index contributed by atoms with van der Waals surface area (Å²) >= 11 is 6.36. The van der Waals surface area contributed by atoms with E-state index in [0.717, 1.165) is 74.4 Å². The Labute approximate surface area is 253 Å². The number of halogens is 1. The summed E-state index contributed by atoms with van der Waals surface area (Å²) in [6.07, 6.45) is 7.96. The van der Waals surface area contributed by atoms with E-state index < -0.39 is 11.4 Å². The molecule has 6 heteroatoms. The van der Waals surface area contributed by atoms with Crippen molar-refractivity contribution in [3.63, 3.8) is 0 Å². The molecule has 0 saturated carbocycles. The van der Waals surface area contributed by atoms with E-state index in [-0.39, 0.29) is 29.6 Å². The monoisotopic (exact) mass is 536 g/mol. The summed E-state index contributed by atoms with van der Waals surface area (Å²) in [4.78, 5) is 18.9. The Morgan fingerprint density at radius 3 is 2.53 bits per heavy atom. The number of carbonyl (C=O) groups excluding carboxylic acids is 1. The molecule has 0 bridgehead atoms.